The first-order chi connectivity index (χ1) is 8.02. The molecule has 1 saturated heterocycles. The van der Waals surface area contributed by atoms with Crippen LogP contribution < -0.4 is 0 Å². The van der Waals surface area contributed by atoms with E-state index in [0.717, 1.165) is 5.69 Å². The van der Waals surface area contributed by atoms with Crippen molar-refractivity contribution in [3.8, 4) is 0 Å². The van der Waals surface area contributed by atoms with Gasteiger partial charge in [-0.1, -0.05) is 0 Å². The van der Waals surface area contributed by atoms with Gasteiger partial charge in [-0.15, -0.1) is 0 Å². The van der Waals surface area contributed by atoms with Crippen LogP contribution in [-0.2, 0) is 11.3 Å². The first kappa shape index (κ1) is 11.6. The lowest BCUT2D eigenvalue weighted by Crippen LogP contribution is -2.37. The molecule has 0 radical (unpaired) electrons. The monoisotopic (exact) mass is 236 g/mol. The van der Waals surface area contributed by atoms with Crippen LogP contribution in [0, 0.1) is 0 Å². The number of hydrogen-bond donors (Lipinski definition) is 1. The van der Waals surface area contributed by atoms with E-state index in [1.54, 1.807) is 24.3 Å². The maximum Gasteiger partial charge on any atom is 0.328 e. The third-order valence-electron chi connectivity index (χ3n) is 2.93. The second-order valence-corrected chi connectivity index (χ2v) is 4.47. The molecule has 0 spiro atoms. The molecular weight excluding hydrogens is 220 g/mol. The quantitative estimate of drug-likeness (QED) is 0.795. The van der Waals surface area contributed by atoms with E-state index in [4.69, 9.17) is 0 Å². The molecule has 0 saturated carbocycles. The number of aromatic amines is 1. The molecule has 2 heterocycles. The van der Waals surface area contributed by atoms with Crippen molar-refractivity contribution in [2.24, 2.45) is 0 Å². The predicted octanol–water partition coefficient (Wildman–Crippen LogP) is 0.971. The number of nitrogens with one attached hydrogen (secondary N) is 1. The van der Waals surface area contributed by atoms with Gasteiger partial charge in [0.2, 0.25) is 0 Å². The number of urea groups is 1. The van der Waals surface area contributed by atoms with E-state index in [1.165, 1.54) is 4.90 Å². The van der Waals surface area contributed by atoms with Gasteiger partial charge in [-0.2, -0.15) is 0 Å². The number of aromatic nitrogens is 2. The Morgan fingerprint density at radius 3 is 2.65 bits per heavy atom. The molecule has 1 aromatic heterocycles. The minimum atomic E-state index is -0.409. The lowest BCUT2D eigenvalue weighted by Gasteiger charge is -2.20. The van der Waals surface area contributed by atoms with Crippen molar-refractivity contribution in [3.63, 3.8) is 0 Å². The first-order valence-electron chi connectivity index (χ1n) is 5.63. The number of H-pyrrole nitrogens is 1. The molecule has 0 aliphatic carbocycles. The van der Waals surface area contributed by atoms with Crippen molar-refractivity contribution >= 4 is 11.9 Å². The van der Waals surface area contributed by atoms with Crippen LogP contribution in [0.4, 0.5) is 4.79 Å². The zero-order valence-electron chi connectivity index (χ0n) is 10.2. The largest absolute Gasteiger partial charge is 0.347 e. The lowest BCUT2D eigenvalue weighted by molar-refractivity contribution is -0.129. The number of amides is 3. The van der Waals surface area contributed by atoms with Crippen molar-refractivity contribution in [3.05, 3.63) is 18.2 Å². The minimum absolute atomic E-state index is 0.107. The molecule has 92 valence electrons. The molecular formula is C11H16N4O2. The Labute approximate surface area is 99.6 Å². The average Bonchev–Trinajstić information content (AvgIpc) is 2.82. The summed E-state index contributed by atoms with van der Waals surface area (Å²) >= 11 is 0. The SMILES string of the molecule is CC(C)N1C(=O)[C@H](C)N(Cc2cnc[nH]2)C1=O. The number of nitrogens with zero attached hydrogens (tertiary/aromatic N) is 3. The molecule has 6 heteroatoms. The highest BCUT2D eigenvalue weighted by Gasteiger charge is 2.43. The number of carbonyl (C=O) groups excluding carboxylic acids is 2. The van der Waals surface area contributed by atoms with Crippen LogP contribution in [0.3, 0.4) is 0 Å². The summed E-state index contributed by atoms with van der Waals surface area (Å²) in [6.07, 6.45) is 3.21. The van der Waals surface area contributed by atoms with Gasteiger partial charge in [0.05, 0.1) is 18.6 Å². The highest BCUT2D eigenvalue weighted by atomic mass is 16.2. The minimum Gasteiger partial charge on any atom is -0.347 e. The number of rotatable bonds is 3. The van der Waals surface area contributed by atoms with Crippen molar-refractivity contribution in [2.45, 2.75) is 39.4 Å². The maximum atomic E-state index is 12.1. The van der Waals surface area contributed by atoms with Gasteiger partial charge in [0, 0.05) is 12.2 Å². The van der Waals surface area contributed by atoms with Gasteiger partial charge in [0.25, 0.3) is 5.91 Å². The van der Waals surface area contributed by atoms with Crippen LogP contribution in [0.5, 0.6) is 0 Å². The molecule has 1 aliphatic rings. The molecule has 0 aromatic carbocycles. The fourth-order valence-corrected chi connectivity index (χ4v) is 1.97. The van der Waals surface area contributed by atoms with Gasteiger partial charge >= 0.3 is 6.03 Å². The van der Waals surface area contributed by atoms with Gasteiger partial charge < -0.3 is 9.88 Å². The van der Waals surface area contributed by atoms with Crippen molar-refractivity contribution in [2.75, 3.05) is 0 Å². The fourth-order valence-electron chi connectivity index (χ4n) is 1.97. The molecule has 0 bridgehead atoms. The highest BCUT2D eigenvalue weighted by Crippen LogP contribution is 2.21. The number of carbonyl (C=O) groups is 2. The van der Waals surface area contributed by atoms with E-state index < -0.39 is 6.04 Å². The average molecular weight is 236 g/mol. The second-order valence-electron chi connectivity index (χ2n) is 4.47. The predicted molar refractivity (Wildman–Crippen MR) is 61.0 cm³/mol. The van der Waals surface area contributed by atoms with E-state index >= 15 is 0 Å². The Morgan fingerprint density at radius 1 is 1.47 bits per heavy atom. The van der Waals surface area contributed by atoms with E-state index in [-0.39, 0.29) is 18.0 Å². The van der Waals surface area contributed by atoms with Crippen LogP contribution in [0.15, 0.2) is 12.5 Å². The van der Waals surface area contributed by atoms with Crippen LogP contribution in [0.1, 0.15) is 26.5 Å². The van der Waals surface area contributed by atoms with Gasteiger partial charge in [-0.3, -0.25) is 9.69 Å². The smallest absolute Gasteiger partial charge is 0.328 e. The Bertz CT molecular complexity index is 427. The molecule has 2 rings (SSSR count). The highest BCUT2D eigenvalue weighted by molar-refractivity contribution is 6.04. The van der Waals surface area contributed by atoms with Crippen LogP contribution >= 0.6 is 0 Å². The Kier molecular flexibility index (Phi) is 2.87. The third-order valence-corrected chi connectivity index (χ3v) is 2.93. The van der Waals surface area contributed by atoms with Crippen LogP contribution in [0.25, 0.3) is 0 Å². The second kappa shape index (κ2) is 4.20. The number of imide groups is 1. The van der Waals surface area contributed by atoms with E-state index in [2.05, 4.69) is 9.97 Å². The normalized spacial score (nSPS) is 20.8. The standard InChI is InChI=1S/C11H16N4O2/c1-7(2)15-10(16)8(3)14(11(15)17)5-9-4-12-6-13-9/h4,6-8H,5H2,1-3H3,(H,12,13)/t8-/m0/s1. The maximum absolute atomic E-state index is 12.1. The van der Waals surface area contributed by atoms with Crippen LogP contribution in [0.2, 0.25) is 0 Å². The van der Waals surface area contributed by atoms with Gasteiger partial charge in [0.1, 0.15) is 6.04 Å². The summed E-state index contributed by atoms with van der Waals surface area (Å²) in [5, 5.41) is 0. The van der Waals surface area contributed by atoms with Crippen molar-refractivity contribution in [1.29, 1.82) is 0 Å². The van der Waals surface area contributed by atoms with Crippen molar-refractivity contribution in [1.82, 2.24) is 19.8 Å². The molecule has 3 amide bonds. The van der Waals surface area contributed by atoms with Gasteiger partial charge in [0.15, 0.2) is 0 Å². The number of hydrogen-bond acceptors (Lipinski definition) is 3. The Morgan fingerprint density at radius 2 is 2.18 bits per heavy atom. The molecule has 6 nitrogen and oxygen atoms in total. The summed E-state index contributed by atoms with van der Waals surface area (Å²) in [6.45, 7) is 5.80. The molecule has 0 unspecified atom stereocenters. The third kappa shape index (κ3) is 1.90. The molecule has 1 aromatic rings. The topological polar surface area (TPSA) is 69.3 Å². The van der Waals surface area contributed by atoms with Crippen LogP contribution in [-0.4, -0.2) is 43.8 Å². The molecule has 1 fully saturated rings. The van der Waals surface area contributed by atoms with E-state index in [9.17, 15) is 9.59 Å². The summed E-state index contributed by atoms with van der Waals surface area (Å²) in [5.74, 6) is -0.135. The fraction of sp³-hybridized carbons (Fsp3) is 0.545. The summed E-state index contributed by atoms with van der Waals surface area (Å²) in [4.78, 5) is 33.7. The number of imidazole rings is 1. The molecule has 17 heavy (non-hydrogen) atoms. The molecule has 1 atom stereocenters. The first-order valence-corrected chi connectivity index (χ1v) is 5.63. The van der Waals surface area contributed by atoms with E-state index in [0.29, 0.717) is 6.54 Å². The molecule has 1 N–H and O–H groups in total. The summed E-state index contributed by atoms with van der Waals surface area (Å²) in [7, 11) is 0. The lowest BCUT2D eigenvalue weighted by atomic mass is 10.2. The molecule has 1 aliphatic heterocycles. The Hall–Kier alpha value is -1.85. The zero-order valence-corrected chi connectivity index (χ0v) is 10.2. The summed E-state index contributed by atoms with van der Waals surface area (Å²) in [5.41, 5.74) is 0.823. The summed E-state index contributed by atoms with van der Waals surface area (Å²) < 4.78 is 0. The van der Waals surface area contributed by atoms with Gasteiger partial charge in [-0.25, -0.2) is 9.78 Å². The van der Waals surface area contributed by atoms with Gasteiger partial charge in [-0.05, 0) is 20.8 Å². The Balaban J connectivity index is 2.19. The summed E-state index contributed by atoms with van der Waals surface area (Å²) in [6, 6.07) is -0.746. The van der Waals surface area contributed by atoms with Crippen molar-refractivity contribution < 1.29 is 9.59 Å². The van der Waals surface area contributed by atoms with E-state index in [1.807, 2.05) is 13.8 Å². The zero-order chi connectivity index (χ0) is 12.6.